The van der Waals surface area contributed by atoms with Gasteiger partial charge in [0, 0.05) is 24.3 Å². The number of hydrogen-bond donors (Lipinski definition) is 1. The Hall–Kier alpha value is -1.13. The first-order valence-corrected chi connectivity index (χ1v) is 6.51. The molecular weight excluding hydrogens is 226 g/mol. The van der Waals surface area contributed by atoms with Crippen LogP contribution >= 0.6 is 0 Å². The number of nitrogens with one attached hydrogen (secondary N) is 1. The van der Waals surface area contributed by atoms with Gasteiger partial charge in [0.1, 0.15) is 0 Å². The first-order chi connectivity index (χ1) is 8.53. The maximum Gasteiger partial charge on any atom is 0.0926 e. The van der Waals surface area contributed by atoms with Crippen LogP contribution < -0.4 is 10.2 Å². The van der Waals surface area contributed by atoms with Crippen molar-refractivity contribution in [2.45, 2.75) is 32.4 Å². The fourth-order valence-corrected chi connectivity index (χ4v) is 2.13. The van der Waals surface area contributed by atoms with Crippen LogP contribution in [0.1, 0.15) is 19.5 Å². The highest BCUT2D eigenvalue weighted by atomic mass is 16.5. The number of morpholine rings is 1. The van der Waals surface area contributed by atoms with Crippen molar-refractivity contribution in [3.05, 3.63) is 24.0 Å². The van der Waals surface area contributed by atoms with Crippen LogP contribution in [0.25, 0.3) is 0 Å². The SMILES string of the molecule is CNC(C)(C)[C@@H]1CN(c2ccc(C)nc2)CCO1. The number of likely N-dealkylation sites (N-methyl/N-ethyl adjacent to an activating group) is 1. The molecular formula is C14H23N3O. The van der Waals surface area contributed by atoms with Crippen molar-refractivity contribution >= 4 is 5.69 Å². The van der Waals surface area contributed by atoms with Gasteiger partial charge in [0.2, 0.25) is 0 Å². The van der Waals surface area contributed by atoms with Crippen LogP contribution in [-0.4, -0.2) is 43.4 Å². The number of aryl methyl sites for hydroxylation is 1. The van der Waals surface area contributed by atoms with Gasteiger partial charge in [-0.3, -0.25) is 4.98 Å². The first kappa shape index (κ1) is 13.3. The summed E-state index contributed by atoms with van der Waals surface area (Å²) in [7, 11) is 1.98. The molecule has 1 atom stereocenters. The van der Waals surface area contributed by atoms with E-state index in [1.54, 1.807) is 0 Å². The second-order valence-electron chi connectivity index (χ2n) is 5.43. The van der Waals surface area contributed by atoms with E-state index in [4.69, 9.17) is 4.74 Å². The van der Waals surface area contributed by atoms with Gasteiger partial charge in [-0.2, -0.15) is 0 Å². The van der Waals surface area contributed by atoms with E-state index in [1.807, 2.05) is 20.2 Å². The molecule has 2 heterocycles. The lowest BCUT2D eigenvalue weighted by Gasteiger charge is -2.42. The van der Waals surface area contributed by atoms with Crippen molar-refractivity contribution in [3.63, 3.8) is 0 Å². The fourth-order valence-electron chi connectivity index (χ4n) is 2.13. The summed E-state index contributed by atoms with van der Waals surface area (Å²) in [5.74, 6) is 0. The van der Waals surface area contributed by atoms with Gasteiger partial charge in [-0.15, -0.1) is 0 Å². The van der Waals surface area contributed by atoms with Crippen molar-refractivity contribution in [1.29, 1.82) is 0 Å². The number of rotatable bonds is 3. The summed E-state index contributed by atoms with van der Waals surface area (Å²) in [6.07, 6.45) is 2.14. The first-order valence-electron chi connectivity index (χ1n) is 6.51. The largest absolute Gasteiger partial charge is 0.373 e. The molecule has 1 aliphatic rings. The zero-order chi connectivity index (χ0) is 13.2. The predicted octanol–water partition coefficient (Wildman–Crippen LogP) is 1.59. The maximum atomic E-state index is 5.88. The molecule has 0 aliphatic carbocycles. The Morgan fingerprint density at radius 1 is 1.44 bits per heavy atom. The van der Waals surface area contributed by atoms with Crippen molar-refractivity contribution < 1.29 is 4.74 Å². The van der Waals surface area contributed by atoms with E-state index in [0.29, 0.717) is 0 Å². The third-order valence-corrected chi connectivity index (χ3v) is 3.78. The minimum atomic E-state index is -0.0171. The number of nitrogens with zero attached hydrogens (tertiary/aromatic N) is 2. The molecule has 4 nitrogen and oxygen atoms in total. The van der Waals surface area contributed by atoms with E-state index in [0.717, 1.165) is 25.4 Å². The van der Waals surface area contributed by atoms with E-state index in [9.17, 15) is 0 Å². The highest BCUT2D eigenvalue weighted by Crippen LogP contribution is 2.22. The second-order valence-corrected chi connectivity index (χ2v) is 5.43. The van der Waals surface area contributed by atoms with Gasteiger partial charge < -0.3 is 15.0 Å². The Labute approximate surface area is 109 Å². The summed E-state index contributed by atoms with van der Waals surface area (Å²) in [6.45, 7) is 8.96. The number of hydrogen-bond acceptors (Lipinski definition) is 4. The van der Waals surface area contributed by atoms with E-state index in [1.165, 1.54) is 5.69 Å². The number of anilines is 1. The molecule has 1 fully saturated rings. The van der Waals surface area contributed by atoms with Crippen molar-refractivity contribution in [2.24, 2.45) is 0 Å². The lowest BCUT2D eigenvalue weighted by molar-refractivity contribution is -0.0103. The van der Waals surface area contributed by atoms with Gasteiger partial charge in [-0.05, 0) is 40.0 Å². The summed E-state index contributed by atoms with van der Waals surface area (Å²) in [5, 5.41) is 3.32. The van der Waals surface area contributed by atoms with Crippen LogP contribution in [0.2, 0.25) is 0 Å². The molecule has 0 spiro atoms. The standard InChI is InChI=1S/C14H23N3O/c1-11-5-6-12(9-16-11)17-7-8-18-13(10-17)14(2,3)15-4/h5-6,9,13,15H,7-8,10H2,1-4H3/t13-/m0/s1. The Balaban J connectivity index is 2.09. The average molecular weight is 249 g/mol. The quantitative estimate of drug-likeness (QED) is 0.883. The highest BCUT2D eigenvalue weighted by molar-refractivity contribution is 5.45. The summed E-state index contributed by atoms with van der Waals surface area (Å²) in [5.41, 5.74) is 2.22. The monoisotopic (exact) mass is 249 g/mol. The Morgan fingerprint density at radius 2 is 2.22 bits per heavy atom. The van der Waals surface area contributed by atoms with Crippen LogP contribution in [0.15, 0.2) is 18.3 Å². The molecule has 100 valence electrons. The molecule has 0 radical (unpaired) electrons. The molecule has 18 heavy (non-hydrogen) atoms. The number of aromatic nitrogens is 1. The van der Waals surface area contributed by atoms with Crippen molar-refractivity contribution in [1.82, 2.24) is 10.3 Å². The highest BCUT2D eigenvalue weighted by Gasteiger charge is 2.33. The number of pyridine rings is 1. The van der Waals surface area contributed by atoms with Crippen molar-refractivity contribution in [2.75, 3.05) is 31.6 Å². The summed E-state index contributed by atoms with van der Waals surface area (Å²) >= 11 is 0. The molecule has 0 saturated carbocycles. The fraction of sp³-hybridized carbons (Fsp3) is 0.643. The van der Waals surface area contributed by atoms with Crippen LogP contribution in [0.5, 0.6) is 0 Å². The average Bonchev–Trinajstić information content (AvgIpc) is 2.40. The molecule has 4 heteroatoms. The Bertz CT molecular complexity index is 389. The van der Waals surface area contributed by atoms with Crippen LogP contribution in [-0.2, 0) is 4.74 Å². The topological polar surface area (TPSA) is 37.4 Å². The van der Waals surface area contributed by atoms with Crippen LogP contribution in [0.3, 0.4) is 0 Å². The second kappa shape index (κ2) is 5.24. The van der Waals surface area contributed by atoms with Gasteiger partial charge in [0.15, 0.2) is 0 Å². The van der Waals surface area contributed by atoms with Gasteiger partial charge in [0.05, 0.1) is 24.6 Å². The molecule has 0 amide bonds. The minimum Gasteiger partial charge on any atom is -0.373 e. The zero-order valence-corrected chi connectivity index (χ0v) is 11.7. The minimum absolute atomic E-state index is 0.0171. The van der Waals surface area contributed by atoms with Gasteiger partial charge in [-0.1, -0.05) is 0 Å². The lowest BCUT2D eigenvalue weighted by Crippen LogP contribution is -2.57. The van der Waals surface area contributed by atoms with Crippen LogP contribution in [0, 0.1) is 6.92 Å². The van der Waals surface area contributed by atoms with E-state index < -0.39 is 0 Å². The summed E-state index contributed by atoms with van der Waals surface area (Å²) in [6, 6.07) is 4.19. The molecule has 1 N–H and O–H groups in total. The molecule has 0 unspecified atom stereocenters. The van der Waals surface area contributed by atoms with E-state index in [2.05, 4.69) is 41.2 Å². The predicted molar refractivity (Wildman–Crippen MR) is 74.1 cm³/mol. The molecule has 1 aromatic heterocycles. The van der Waals surface area contributed by atoms with Gasteiger partial charge >= 0.3 is 0 Å². The van der Waals surface area contributed by atoms with E-state index in [-0.39, 0.29) is 11.6 Å². The maximum absolute atomic E-state index is 5.88. The smallest absolute Gasteiger partial charge is 0.0926 e. The third kappa shape index (κ3) is 2.82. The summed E-state index contributed by atoms with van der Waals surface area (Å²) in [4.78, 5) is 6.71. The molecule has 0 bridgehead atoms. The normalized spacial score (nSPS) is 21.1. The molecule has 1 saturated heterocycles. The van der Waals surface area contributed by atoms with Crippen LogP contribution in [0.4, 0.5) is 5.69 Å². The molecule has 1 aromatic rings. The Morgan fingerprint density at radius 3 is 2.83 bits per heavy atom. The van der Waals surface area contributed by atoms with Gasteiger partial charge in [0.25, 0.3) is 0 Å². The molecule has 1 aliphatic heterocycles. The number of ether oxygens (including phenoxy) is 1. The van der Waals surface area contributed by atoms with Gasteiger partial charge in [-0.25, -0.2) is 0 Å². The lowest BCUT2D eigenvalue weighted by atomic mass is 9.96. The summed E-state index contributed by atoms with van der Waals surface area (Å²) < 4.78 is 5.88. The Kier molecular flexibility index (Phi) is 3.88. The molecule has 2 rings (SSSR count). The van der Waals surface area contributed by atoms with Crippen molar-refractivity contribution in [3.8, 4) is 0 Å². The molecule has 0 aromatic carbocycles. The third-order valence-electron chi connectivity index (χ3n) is 3.78. The van der Waals surface area contributed by atoms with E-state index >= 15 is 0 Å². The zero-order valence-electron chi connectivity index (χ0n) is 11.7.